The highest BCUT2D eigenvalue weighted by Crippen LogP contribution is 2.40. The minimum absolute atomic E-state index is 0.413. The van der Waals surface area contributed by atoms with Crippen molar-refractivity contribution < 1.29 is 4.79 Å². The van der Waals surface area contributed by atoms with Gasteiger partial charge in [0.15, 0.2) is 0 Å². The molecule has 3 fully saturated rings. The highest BCUT2D eigenvalue weighted by atomic mass is 16.1. The Morgan fingerprint density at radius 3 is 2.53 bits per heavy atom. The zero-order valence-corrected chi connectivity index (χ0v) is 9.45. The number of hydrogen-bond donors (Lipinski definition) is 0. The zero-order chi connectivity index (χ0) is 10.3. The number of carbonyl (C=O) groups excluding carboxylic acids is 1. The smallest absolute Gasteiger partial charge is 0.140 e. The second kappa shape index (κ2) is 3.89. The Morgan fingerprint density at radius 2 is 1.73 bits per heavy atom. The van der Waals surface area contributed by atoms with Crippen LogP contribution in [0, 0.1) is 11.8 Å². The van der Waals surface area contributed by atoms with E-state index in [1.54, 1.807) is 0 Å². The number of nitrogens with zero attached hydrogens (tertiary/aromatic N) is 1. The summed E-state index contributed by atoms with van der Waals surface area (Å²) in [7, 11) is 0. The third kappa shape index (κ3) is 1.63. The average Bonchev–Trinajstić information content (AvgIpc) is 2.70. The maximum absolute atomic E-state index is 12.1. The van der Waals surface area contributed by atoms with Gasteiger partial charge in [-0.3, -0.25) is 9.69 Å². The third-order valence-electron chi connectivity index (χ3n) is 4.72. The molecule has 0 aromatic carbocycles. The number of carbonyl (C=O) groups is 1. The Morgan fingerprint density at radius 1 is 0.933 bits per heavy atom. The Bertz CT molecular complexity index is 257. The molecule has 1 heterocycles. The quantitative estimate of drug-likeness (QED) is 0.657. The summed E-state index contributed by atoms with van der Waals surface area (Å²) < 4.78 is 0. The summed E-state index contributed by atoms with van der Waals surface area (Å²) in [5, 5.41) is 0. The van der Waals surface area contributed by atoms with Gasteiger partial charge in [-0.1, -0.05) is 6.42 Å². The first-order chi connectivity index (χ1) is 7.36. The molecule has 2 aliphatic carbocycles. The van der Waals surface area contributed by atoms with Crippen LogP contribution in [0.5, 0.6) is 0 Å². The van der Waals surface area contributed by atoms with Crippen molar-refractivity contribution in [1.82, 2.24) is 4.90 Å². The predicted molar refractivity (Wildman–Crippen MR) is 59.7 cm³/mol. The maximum atomic E-state index is 12.1. The summed E-state index contributed by atoms with van der Waals surface area (Å²) >= 11 is 0. The molecule has 0 radical (unpaired) electrons. The summed E-state index contributed by atoms with van der Waals surface area (Å²) in [4.78, 5) is 14.7. The predicted octanol–water partition coefficient (Wildman–Crippen LogP) is 2.23. The molecule has 2 saturated carbocycles. The zero-order valence-electron chi connectivity index (χ0n) is 9.45. The van der Waals surface area contributed by atoms with Gasteiger partial charge in [0.05, 0.1) is 0 Å². The van der Waals surface area contributed by atoms with E-state index in [1.807, 2.05) is 0 Å². The summed E-state index contributed by atoms with van der Waals surface area (Å²) in [6.07, 6.45) is 8.82. The first-order valence-corrected chi connectivity index (χ1v) is 6.64. The first-order valence-electron chi connectivity index (χ1n) is 6.64. The number of hydrogen-bond acceptors (Lipinski definition) is 2. The summed E-state index contributed by atoms with van der Waals surface area (Å²) in [6, 6.07) is 0.622. The van der Waals surface area contributed by atoms with E-state index >= 15 is 0 Å². The number of Topliss-reactive ketones (excluding diaryl/α,β-unsaturated/α-hetero) is 1. The monoisotopic (exact) mass is 207 g/mol. The van der Waals surface area contributed by atoms with Gasteiger partial charge in [-0.25, -0.2) is 0 Å². The van der Waals surface area contributed by atoms with Crippen LogP contribution in [0.15, 0.2) is 0 Å². The van der Waals surface area contributed by atoms with E-state index in [2.05, 4.69) is 4.90 Å². The molecule has 0 spiro atoms. The fraction of sp³-hybridized carbons (Fsp3) is 0.923. The molecule has 0 unspecified atom stereocenters. The highest BCUT2D eigenvalue weighted by molar-refractivity contribution is 5.85. The van der Waals surface area contributed by atoms with Crippen LogP contribution in [-0.2, 0) is 4.79 Å². The molecule has 1 saturated heterocycles. The van der Waals surface area contributed by atoms with Crippen LogP contribution in [0.2, 0.25) is 0 Å². The van der Waals surface area contributed by atoms with E-state index in [4.69, 9.17) is 0 Å². The van der Waals surface area contributed by atoms with Crippen LogP contribution in [-0.4, -0.2) is 29.8 Å². The SMILES string of the molecule is O=C1[C@@H]2CCC[C@H]1[C@@H](N1CCCC1)CC2. The summed E-state index contributed by atoms with van der Waals surface area (Å²) in [5.74, 6) is 1.47. The Labute approximate surface area is 92.0 Å². The van der Waals surface area contributed by atoms with Crippen LogP contribution >= 0.6 is 0 Å². The average molecular weight is 207 g/mol. The summed E-state index contributed by atoms with van der Waals surface area (Å²) in [6.45, 7) is 2.50. The van der Waals surface area contributed by atoms with E-state index < -0.39 is 0 Å². The van der Waals surface area contributed by atoms with E-state index in [1.165, 1.54) is 58.0 Å². The van der Waals surface area contributed by atoms with Gasteiger partial charge < -0.3 is 0 Å². The lowest BCUT2D eigenvalue weighted by Gasteiger charge is -2.42. The Kier molecular flexibility index (Phi) is 2.55. The van der Waals surface area contributed by atoms with Gasteiger partial charge in [-0.05, 0) is 51.6 Å². The number of likely N-dealkylation sites (tertiary alicyclic amines) is 1. The highest BCUT2D eigenvalue weighted by Gasteiger charge is 2.42. The van der Waals surface area contributed by atoms with Crippen LogP contribution in [0.3, 0.4) is 0 Å². The van der Waals surface area contributed by atoms with Gasteiger partial charge in [-0.2, -0.15) is 0 Å². The lowest BCUT2D eigenvalue weighted by atomic mass is 9.68. The van der Waals surface area contributed by atoms with E-state index in [0.717, 1.165) is 0 Å². The largest absolute Gasteiger partial charge is 0.300 e. The molecule has 3 rings (SSSR count). The number of ketones is 1. The molecule has 2 nitrogen and oxygen atoms in total. The van der Waals surface area contributed by atoms with Crippen molar-refractivity contribution in [2.24, 2.45) is 11.8 Å². The molecular weight excluding hydrogens is 186 g/mol. The molecule has 3 aliphatic rings. The minimum atomic E-state index is 0.413. The van der Waals surface area contributed by atoms with Gasteiger partial charge in [0.25, 0.3) is 0 Å². The van der Waals surface area contributed by atoms with Gasteiger partial charge in [0.2, 0.25) is 0 Å². The van der Waals surface area contributed by atoms with Crippen molar-refractivity contribution in [3.8, 4) is 0 Å². The third-order valence-corrected chi connectivity index (χ3v) is 4.72. The van der Waals surface area contributed by atoms with Crippen LogP contribution < -0.4 is 0 Å². The van der Waals surface area contributed by atoms with Crippen molar-refractivity contribution in [2.45, 2.75) is 51.0 Å². The lowest BCUT2D eigenvalue weighted by molar-refractivity contribution is -0.135. The van der Waals surface area contributed by atoms with Crippen molar-refractivity contribution in [3.63, 3.8) is 0 Å². The molecule has 0 amide bonds. The normalized spacial score (nSPS) is 42.1. The molecule has 84 valence electrons. The van der Waals surface area contributed by atoms with Crippen molar-refractivity contribution >= 4 is 5.78 Å². The molecule has 0 N–H and O–H groups in total. The number of rotatable bonds is 1. The molecule has 1 aliphatic heterocycles. The van der Waals surface area contributed by atoms with Crippen molar-refractivity contribution in [2.75, 3.05) is 13.1 Å². The standard InChI is InChI=1S/C13H21NO/c15-13-10-4-3-5-11(13)12(7-6-10)14-8-1-2-9-14/h10-12H,1-9H2/t10-,11+,12+/m1/s1. The molecular formula is C13H21NO. The molecule has 15 heavy (non-hydrogen) atoms. The second-order valence-corrected chi connectivity index (χ2v) is 5.52. The molecule has 0 aromatic rings. The van der Waals surface area contributed by atoms with Crippen molar-refractivity contribution in [3.05, 3.63) is 0 Å². The lowest BCUT2D eigenvalue weighted by Crippen LogP contribution is -2.49. The maximum Gasteiger partial charge on any atom is 0.140 e. The second-order valence-electron chi connectivity index (χ2n) is 5.52. The summed E-state index contributed by atoms with van der Waals surface area (Å²) in [5.41, 5.74) is 0. The molecule has 0 aromatic heterocycles. The van der Waals surface area contributed by atoms with Gasteiger partial charge in [0.1, 0.15) is 5.78 Å². The fourth-order valence-electron chi connectivity index (χ4n) is 3.92. The molecule has 3 atom stereocenters. The topological polar surface area (TPSA) is 20.3 Å². The first kappa shape index (κ1) is 9.83. The van der Waals surface area contributed by atoms with Gasteiger partial charge >= 0.3 is 0 Å². The molecule has 2 bridgehead atoms. The van der Waals surface area contributed by atoms with Crippen LogP contribution in [0.25, 0.3) is 0 Å². The van der Waals surface area contributed by atoms with Crippen molar-refractivity contribution in [1.29, 1.82) is 0 Å². The Hall–Kier alpha value is -0.370. The van der Waals surface area contributed by atoms with E-state index in [-0.39, 0.29) is 0 Å². The number of fused-ring (bicyclic) bond motifs is 2. The van der Waals surface area contributed by atoms with Gasteiger partial charge in [-0.15, -0.1) is 0 Å². The minimum Gasteiger partial charge on any atom is -0.300 e. The van der Waals surface area contributed by atoms with E-state index in [9.17, 15) is 4.79 Å². The van der Waals surface area contributed by atoms with Crippen LogP contribution in [0.1, 0.15) is 44.9 Å². The Balaban J connectivity index is 1.75. The fourth-order valence-corrected chi connectivity index (χ4v) is 3.92. The van der Waals surface area contributed by atoms with E-state index in [0.29, 0.717) is 23.7 Å². The molecule has 2 heteroatoms. The van der Waals surface area contributed by atoms with Crippen LogP contribution in [0.4, 0.5) is 0 Å². The van der Waals surface area contributed by atoms with Gasteiger partial charge in [0, 0.05) is 17.9 Å².